The van der Waals surface area contributed by atoms with Crippen molar-refractivity contribution in [2.24, 2.45) is 11.8 Å². The number of benzene rings is 1. The Labute approximate surface area is 153 Å². The first-order valence-corrected chi connectivity index (χ1v) is 10.3. The van der Waals surface area contributed by atoms with Crippen LogP contribution in [0.5, 0.6) is 0 Å². The van der Waals surface area contributed by atoms with Crippen molar-refractivity contribution >= 4 is 21.9 Å². The lowest BCUT2D eigenvalue weighted by Crippen LogP contribution is -2.43. The van der Waals surface area contributed by atoms with E-state index in [-0.39, 0.29) is 22.3 Å². The van der Waals surface area contributed by atoms with Crippen LogP contribution in [-0.2, 0) is 14.8 Å². The summed E-state index contributed by atoms with van der Waals surface area (Å²) in [6, 6.07) is 5.22. The van der Waals surface area contributed by atoms with Crippen molar-refractivity contribution in [3.63, 3.8) is 0 Å². The fourth-order valence-electron chi connectivity index (χ4n) is 3.35. The Hall–Kier alpha value is -1.93. The van der Waals surface area contributed by atoms with E-state index in [0.717, 1.165) is 6.54 Å². The van der Waals surface area contributed by atoms with Gasteiger partial charge in [-0.15, -0.1) is 0 Å². The second-order valence-electron chi connectivity index (χ2n) is 7.17. The number of carbonyl (C=O) groups excluding carboxylic acids is 1. The van der Waals surface area contributed by atoms with Crippen molar-refractivity contribution in [3.05, 3.63) is 29.8 Å². The first-order valence-electron chi connectivity index (χ1n) is 8.87. The smallest absolute Gasteiger partial charge is 0.335 e. The molecule has 0 unspecified atom stereocenters. The van der Waals surface area contributed by atoms with Gasteiger partial charge in [0.15, 0.2) is 0 Å². The predicted octanol–water partition coefficient (Wildman–Crippen LogP) is 1.65. The molecule has 1 N–H and O–H groups in total. The number of hydrogen-bond donors (Lipinski definition) is 1. The van der Waals surface area contributed by atoms with Crippen LogP contribution in [0, 0.1) is 11.8 Å². The Bertz CT molecular complexity index is 778. The lowest BCUT2D eigenvalue weighted by Gasteiger charge is -2.32. The van der Waals surface area contributed by atoms with Crippen LogP contribution >= 0.6 is 0 Å². The highest BCUT2D eigenvalue weighted by Crippen LogP contribution is 2.31. The fraction of sp³-hybridized carbons (Fsp3) is 0.556. The predicted molar refractivity (Wildman–Crippen MR) is 95.2 cm³/mol. The minimum atomic E-state index is -3.67. The molecule has 1 aliphatic heterocycles. The minimum absolute atomic E-state index is 0.0481. The van der Waals surface area contributed by atoms with E-state index >= 15 is 0 Å². The van der Waals surface area contributed by atoms with Gasteiger partial charge in [-0.3, -0.25) is 4.79 Å². The third kappa shape index (κ3) is 4.07. The Morgan fingerprint density at radius 1 is 1.12 bits per heavy atom. The van der Waals surface area contributed by atoms with Gasteiger partial charge in [-0.05, 0) is 55.9 Å². The lowest BCUT2D eigenvalue weighted by atomic mass is 9.96. The standard InChI is InChI=1S/C18H24N2O5S/c1-19(12-13-2-3-13)17(21)14-8-10-20(11-9-14)26(24,25)16-6-4-15(5-7-16)18(22)23/h4-7,13-14H,2-3,8-12H2,1H3,(H,22,23). The molecule has 1 aromatic rings. The van der Waals surface area contributed by atoms with Crippen LogP contribution in [0.15, 0.2) is 29.2 Å². The van der Waals surface area contributed by atoms with Gasteiger partial charge in [0.25, 0.3) is 0 Å². The van der Waals surface area contributed by atoms with Gasteiger partial charge < -0.3 is 10.0 Å². The monoisotopic (exact) mass is 380 g/mol. The van der Waals surface area contributed by atoms with Gasteiger partial charge in [-0.1, -0.05) is 0 Å². The molecule has 1 saturated heterocycles. The van der Waals surface area contributed by atoms with Gasteiger partial charge in [-0.2, -0.15) is 4.31 Å². The molecule has 0 radical (unpaired) electrons. The number of rotatable bonds is 6. The normalized spacial score (nSPS) is 19.3. The summed E-state index contributed by atoms with van der Waals surface area (Å²) >= 11 is 0. The van der Waals surface area contributed by atoms with Crippen LogP contribution < -0.4 is 0 Å². The highest BCUT2D eigenvalue weighted by molar-refractivity contribution is 7.89. The number of carbonyl (C=O) groups is 2. The molecule has 1 aliphatic carbocycles. The Balaban J connectivity index is 1.60. The van der Waals surface area contributed by atoms with Gasteiger partial charge in [0.1, 0.15) is 0 Å². The molecule has 2 fully saturated rings. The lowest BCUT2D eigenvalue weighted by molar-refractivity contribution is -0.135. The Morgan fingerprint density at radius 2 is 1.69 bits per heavy atom. The molecule has 0 atom stereocenters. The summed E-state index contributed by atoms with van der Waals surface area (Å²) < 4.78 is 26.8. The maximum Gasteiger partial charge on any atom is 0.335 e. The van der Waals surface area contributed by atoms with Crippen molar-refractivity contribution < 1.29 is 23.1 Å². The molecule has 2 aliphatic rings. The van der Waals surface area contributed by atoms with Crippen molar-refractivity contribution in [1.82, 2.24) is 9.21 Å². The maximum atomic E-state index is 12.7. The summed E-state index contributed by atoms with van der Waals surface area (Å²) in [6.45, 7) is 1.40. The van der Waals surface area contributed by atoms with E-state index in [2.05, 4.69) is 0 Å². The summed E-state index contributed by atoms with van der Waals surface area (Å²) in [5.41, 5.74) is 0.0481. The van der Waals surface area contributed by atoms with E-state index in [1.165, 1.54) is 41.4 Å². The third-order valence-electron chi connectivity index (χ3n) is 5.15. The number of sulfonamides is 1. The maximum absolute atomic E-state index is 12.7. The van der Waals surface area contributed by atoms with Crippen LogP contribution in [0.2, 0.25) is 0 Å². The minimum Gasteiger partial charge on any atom is -0.478 e. The van der Waals surface area contributed by atoms with Crippen LogP contribution in [0.25, 0.3) is 0 Å². The number of aromatic carboxylic acids is 1. The highest BCUT2D eigenvalue weighted by atomic mass is 32.2. The summed E-state index contributed by atoms with van der Waals surface area (Å²) in [5.74, 6) is -0.471. The SMILES string of the molecule is CN(CC1CC1)C(=O)C1CCN(S(=O)(=O)c2ccc(C(=O)O)cc2)CC1. The third-order valence-corrected chi connectivity index (χ3v) is 7.06. The molecular weight excluding hydrogens is 356 g/mol. The molecule has 0 aromatic heterocycles. The number of amides is 1. The van der Waals surface area contributed by atoms with E-state index in [4.69, 9.17) is 5.11 Å². The molecule has 1 amide bonds. The molecule has 7 nitrogen and oxygen atoms in total. The van der Waals surface area contributed by atoms with Crippen LogP contribution in [-0.4, -0.2) is 61.3 Å². The van der Waals surface area contributed by atoms with Gasteiger partial charge in [0.2, 0.25) is 15.9 Å². The molecule has 0 spiro atoms. The molecule has 1 heterocycles. The van der Waals surface area contributed by atoms with Crippen molar-refractivity contribution in [2.45, 2.75) is 30.6 Å². The number of carboxylic acid groups (broad SMARTS) is 1. The second-order valence-corrected chi connectivity index (χ2v) is 9.11. The largest absolute Gasteiger partial charge is 0.478 e. The van der Waals surface area contributed by atoms with Crippen LogP contribution in [0.4, 0.5) is 0 Å². The average molecular weight is 380 g/mol. The molecule has 142 valence electrons. The number of hydrogen-bond acceptors (Lipinski definition) is 4. The summed E-state index contributed by atoms with van der Waals surface area (Å²) in [6.07, 6.45) is 3.41. The van der Waals surface area contributed by atoms with Crippen molar-refractivity contribution in [3.8, 4) is 0 Å². The van der Waals surface area contributed by atoms with Crippen molar-refractivity contribution in [1.29, 1.82) is 0 Å². The van der Waals surface area contributed by atoms with E-state index in [0.29, 0.717) is 31.8 Å². The molecule has 8 heteroatoms. The van der Waals surface area contributed by atoms with Crippen molar-refractivity contribution in [2.75, 3.05) is 26.7 Å². The van der Waals surface area contributed by atoms with Gasteiger partial charge in [0, 0.05) is 32.6 Å². The first-order chi connectivity index (χ1) is 12.3. The average Bonchev–Trinajstić information content (AvgIpc) is 3.45. The van der Waals surface area contributed by atoms with Gasteiger partial charge in [-0.25, -0.2) is 13.2 Å². The Kier molecular flexibility index (Phi) is 5.34. The zero-order valence-corrected chi connectivity index (χ0v) is 15.6. The molecule has 1 saturated carbocycles. The van der Waals surface area contributed by atoms with Gasteiger partial charge in [0.05, 0.1) is 10.5 Å². The quantitative estimate of drug-likeness (QED) is 0.810. The molecule has 1 aromatic carbocycles. The summed E-state index contributed by atoms with van der Waals surface area (Å²) in [7, 11) is -1.84. The topological polar surface area (TPSA) is 95.0 Å². The van der Waals surface area contributed by atoms with Gasteiger partial charge >= 0.3 is 5.97 Å². The number of carboxylic acids is 1. The van der Waals surface area contributed by atoms with E-state index < -0.39 is 16.0 Å². The van der Waals surface area contributed by atoms with Crippen LogP contribution in [0.1, 0.15) is 36.0 Å². The van der Waals surface area contributed by atoms with Crippen LogP contribution in [0.3, 0.4) is 0 Å². The molecule has 3 rings (SSSR count). The Morgan fingerprint density at radius 3 is 2.19 bits per heavy atom. The molecule has 26 heavy (non-hydrogen) atoms. The molecule has 0 bridgehead atoms. The van der Waals surface area contributed by atoms with E-state index in [9.17, 15) is 18.0 Å². The summed E-state index contributed by atoms with van der Waals surface area (Å²) in [5, 5.41) is 8.92. The number of piperidine rings is 1. The summed E-state index contributed by atoms with van der Waals surface area (Å²) in [4.78, 5) is 25.3. The zero-order valence-electron chi connectivity index (χ0n) is 14.8. The van der Waals surface area contributed by atoms with E-state index in [1.807, 2.05) is 7.05 Å². The van der Waals surface area contributed by atoms with E-state index in [1.54, 1.807) is 4.90 Å². The first kappa shape index (κ1) is 18.8. The zero-order chi connectivity index (χ0) is 18.9. The highest BCUT2D eigenvalue weighted by Gasteiger charge is 2.34. The fourth-order valence-corrected chi connectivity index (χ4v) is 4.82. The second kappa shape index (κ2) is 7.36. The number of nitrogens with zero attached hydrogens (tertiary/aromatic N) is 2. The molecular formula is C18H24N2O5S.